The lowest BCUT2D eigenvalue weighted by atomic mass is 9.94. The van der Waals surface area contributed by atoms with Gasteiger partial charge in [-0.2, -0.15) is 0 Å². The van der Waals surface area contributed by atoms with Crippen molar-refractivity contribution in [2.45, 2.75) is 0 Å². The van der Waals surface area contributed by atoms with E-state index in [9.17, 15) is 0 Å². The van der Waals surface area contributed by atoms with E-state index < -0.39 is 0 Å². The van der Waals surface area contributed by atoms with E-state index in [-0.39, 0.29) is 0 Å². The second kappa shape index (κ2) is 11.5. The second-order valence-electron chi connectivity index (χ2n) is 12.9. The lowest BCUT2D eigenvalue weighted by molar-refractivity contribution is 0.669. The van der Waals surface area contributed by atoms with E-state index in [2.05, 4.69) is 181 Å². The summed E-state index contributed by atoms with van der Waals surface area (Å²) in [7, 11) is 0. The lowest BCUT2D eigenvalue weighted by Crippen LogP contribution is -2.10. The summed E-state index contributed by atoms with van der Waals surface area (Å²) >= 11 is 0. The van der Waals surface area contributed by atoms with Crippen LogP contribution in [0.3, 0.4) is 0 Å². The molecule has 0 amide bonds. The first-order valence-corrected chi connectivity index (χ1v) is 17.1. The molecule has 2 nitrogen and oxygen atoms in total. The van der Waals surface area contributed by atoms with E-state index >= 15 is 0 Å². The summed E-state index contributed by atoms with van der Waals surface area (Å²) in [4.78, 5) is 2.37. The van der Waals surface area contributed by atoms with Gasteiger partial charge in [-0.05, 0) is 85.6 Å². The Morgan fingerprint density at radius 3 is 1.74 bits per heavy atom. The molecule has 0 aliphatic rings. The Balaban J connectivity index is 1.18. The first-order chi connectivity index (χ1) is 24.8. The van der Waals surface area contributed by atoms with Gasteiger partial charge >= 0.3 is 0 Å². The minimum atomic E-state index is 0.874. The summed E-state index contributed by atoms with van der Waals surface area (Å²) in [5.74, 6) is 0. The third-order valence-electron chi connectivity index (χ3n) is 10.1. The molecular formula is C48H31NO. The SMILES string of the molecule is c1ccc(-c2cccc3c2ccc2c(N(c4ccc(-c5cccc6ccccc56)cc4)c4ccc5c(c4)oc4ccccc45)cccc23)cc1. The van der Waals surface area contributed by atoms with Crippen LogP contribution in [0.15, 0.2) is 192 Å². The zero-order valence-electron chi connectivity index (χ0n) is 27.3. The van der Waals surface area contributed by atoms with Crippen molar-refractivity contribution in [3.8, 4) is 22.3 Å². The third-order valence-corrected chi connectivity index (χ3v) is 10.1. The number of rotatable bonds is 5. The Morgan fingerprint density at radius 2 is 0.880 bits per heavy atom. The number of benzene rings is 9. The highest BCUT2D eigenvalue weighted by Gasteiger charge is 2.19. The van der Waals surface area contributed by atoms with E-state index in [1.807, 2.05) is 12.1 Å². The van der Waals surface area contributed by atoms with Crippen LogP contribution < -0.4 is 4.90 Å². The van der Waals surface area contributed by atoms with Gasteiger partial charge < -0.3 is 9.32 Å². The average Bonchev–Trinajstić information content (AvgIpc) is 3.56. The van der Waals surface area contributed by atoms with Crippen molar-refractivity contribution in [1.29, 1.82) is 0 Å². The molecule has 1 heterocycles. The Kier molecular flexibility index (Phi) is 6.53. The second-order valence-corrected chi connectivity index (χ2v) is 12.9. The minimum absolute atomic E-state index is 0.874. The number of nitrogens with zero attached hydrogens (tertiary/aromatic N) is 1. The Hall–Kier alpha value is -6.64. The standard InChI is InChI=1S/C48H31NO/c1-2-11-32(12-3-1)39-18-9-19-40-41-20-10-21-46(43(41)30-29-42(39)40)49(36-27-28-45-44-16-6-7-22-47(44)50-48(45)31-36)35-25-23-34(24-26-35)38-17-8-14-33-13-4-5-15-37(33)38/h1-31H. The maximum Gasteiger partial charge on any atom is 0.137 e. The molecule has 0 atom stereocenters. The van der Waals surface area contributed by atoms with Gasteiger partial charge in [0.25, 0.3) is 0 Å². The summed E-state index contributed by atoms with van der Waals surface area (Å²) < 4.78 is 6.41. The summed E-state index contributed by atoms with van der Waals surface area (Å²) in [5, 5.41) is 9.65. The highest BCUT2D eigenvalue weighted by Crippen LogP contribution is 2.44. The van der Waals surface area contributed by atoms with Crippen LogP contribution in [0, 0.1) is 0 Å². The van der Waals surface area contributed by atoms with Gasteiger partial charge in [0.2, 0.25) is 0 Å². The Labute approximate surface area is 290 Å². The average molecular weight is 638 g/mol. The van der Waals surface area contributed by atoms with Gasteiger partial charge in [-0.1, -0.05) is 146 Å². The smallest absolute Gasteiger partial charge is 0.137 e. The van der Waals surface area contributed by atoms with Crippen molar-refractivity contribution in [2.75, 3.05) is 4.90 Å². The molecule has 10 rings (SSSR count). The molecule has 0 spiro atoms. The van der Waals surface area contributed by atoms with Crippen LogP contribution in [0.25, 0.3) is 76.5 Å². The molecule has 10 aromatic rings. The molecule has 0 saturated carbocycles. The fraction of sp³-hybridized carbons (Fsp3) is 0. The lowest BCUT2D eigenvalue weighted by Gasteiger charge is -2.27. The van der Waals surface area contributed by atoms with Gasteiger partial charge in [0, 0.05) is 33.6 Å². The molecule has 50 heavy (non-hydrogen) atoms. The molecule has 234 valence electrons. The number of anilines is 3. The van der Waals surface area contributed by atoms with E-state index in [4.69, 9.17) is 4.42 Å². The van der Waals surface area contributed by atoms with Gasteiger partial charge in [-0.25, -0.2) is 0 Å². The number of para-hydroxylation sites is 1. The van der Waals surface area contributed by atoms with Crippen LogP contribution in [-0.4, -0.2) is 0 Å². The van der Waals surface area contributed by atoms with Crippen molar-refractivity contribution >= 4 is 71.3 Å². The molecule has 0 bridgehead atoms. The predicted molar refractivity (Wildman–Crippen MR) is 212 cm³/mol. The van der Waals surface area contributed by atoms with E-state index in [0.717, 1.165) is 39.0 Å². The molecule has 9 aromatic carbocycles. The molecule has 0 unspecified atom stereocenters. The number of hydrogen-bond donors (Lipinski definition) is 0. The van der Waals surface area contributed by atoms with Crippen molar-refractivity contribution in [2.24, 2.45) is 0 Å². The normalized spacial score (nSPS) is 11.6. The molecule has 2 heteroatoms. The van der Waals surface area contributed by atoms with Crippen molar-refractivity contribution in [3.05, 3.63) is 188 Å². The molecule has 0 saturated heterocycles. The van der Waals surface area contributed by atoms with E-state index in [1.54, 1.807) is 0 Å². The highest BCUT2D eigenvalue weighted by atomic mass is 16.3. The van der Waals surface area contributed by atoms with E-state index in [1.165, 1.54) is 54.6 Å². The summed E-state index contributed by atoms with van der Waals surface area (Å²) in [5.41, 5.74) is 9.90. The molecule has 0 fully saturated rings. The monoisotopic (exact) mass is 637 g/mol. The molecule has 0 radical (unpaired) electrons. The summed E-state index contributed by atoms with van der Waals surface area (Å²) in [6.45, 7) is 0. The van der Waals surface area contributed by atoms with Crippen molar-refractivity contribution in [3.63, 3.8) is 0 Å². The fourth-order valence-electron chi connectivity index (χ4n) is 7.72. The van der Waals surface area contributed by atoms with Crippen LogP contribution in [0.4, 0.5) is 17.1 Å². The number of fused-ring (bicyclic) bond motifs is 7. The van der Waals surface area contributed by atoms with E-state index in [0.29, 0.717) is 0 Å². The molecule has 1 aromatic heterocycles. The topological polar surface area (TPSA) is 16.4 Å². The number of hydrogen-bond acceptors (Lipinski definition) is 2. The molecular weight excluding hydrogens is 607 g/mol. The maximum atomic E-state index is 6.41. The zero-order valence-corrected chi connectivity index (χ0v) is 27.3. The summed E-state index contributed by atoms with van der Waals surface area (Å²) in [6, 6.07) is 67.5. The third kappa shape index (κ3) is 4.57. The van der Waals surface area contributed by atoms with Gasteiger partial charge in [-0.3, -0.25) is 0 Å². The highest BCUT2D eigenvalue weighted by molar-refractivity contribution is 6.16. The molecule has 0 aliphatic carbocycles. The minimum Gasteiger partial charge on any atom is -0.456 e. The summed E-state index contributed by atoms with van der Waals surface area (Å²) in [6.07, 6.45) is 0. The van der Waals surface area contributed by atoms with Crippen LogP contribution in [0.1, 0.15) is 0 Å². The quantitative estimate of drug-likeness (QED) is 0.175. The van der Waals surface area contributed by atoms with Gasteiger partial charge in [0.15, 0.2) is 0 Å². The zero-order chi connectivity index (χ0) is 33.0. The van der Waals surface area contributed by atoms with Crippen molar-refractivity contribution in [1.82, 2.24) is 0 Å². The van der Waals surface area contributed by atoms with Crippen LogP contribution >= 0.6 is 0 Å². The maximum absolute atomic E-state index is 6.41. The first-order valence-electron chi connectivity index (χ1n) is 17.1. The molecule has 0 aliphatic heterocycles. The largest absolute Gasteiger partial charge is 0.456 e. The Bertz CT molecular complexity index is 2860. The van der Waals surface area contributed by atoms with Crippen LogP contribution in [-0.2, 0) is 0 Å². The van der Waals surface area contributed by atoms with Crippen LogP contribution in [0.2, 0.25) is 0 Å². The van der Waals surface area contributed by atoms with Crippen LogP contribution in [0.5, 0.6) is 0 Å². The Morgan fingerprint density at radius 1 is 0.320 bits per heavy atom. The van der Waals surface area contributed by atoms with Gasteiger partial charge in [0.05, 0.1) is 5.69 Å². The fourth-order valence-corrected chi connectivity index (χ4v) is 7.72. The van der Waals surface area contributed by atoms with Crippen molar-refractivity contribution < 1.29 is 4.42 Å². The van der Waals surface area contributed by atoms with Gasteiger partial charge in [-0.15, -0.1) is 0 Å². The molecule has 0 N–H and O–H groups in total. The first kappa shape index (κ1) is 28.4. The van der Waals surface area contributed by atoms with Gasteiger partial charge in [0.1, 0.15) is 11.2 Å². The number of furan rings is 1. The predicted octanol–water partition coefficient (Wildman–Crippen LogP) is 13.8.